The zero-order valence-corrected chi connectivity index (χ0v) is 19.5. The Morgan fingerprint density at radius 3 is 2.72 bits per heavy atom. The number of fused-ring (bicyclic) bond motifs is 3. The van der Waals surface area contributed by atoms with Gasteiger partial charge in [-0.3, -0.25) is 0 Å². The Kier molecular flexibility index (Phi) is 5.26. The van der Waals surface area contributed by atoms with Gasteiger partial charge in [0.2, 0.25) is 0 Å². The highest BCUT2D eigenvalue weighted by Gasteiger charge is 2.45. The average molecular weight is 435 g/mol. The van der Waals surface area contributed by atoms with Gasteiger partial charge >= 0.3 is 6.09 Å². The van der Waals surface area contributed by atoms with Gasteiger partial charge in [0.1, 0.15) is 11.4 Å². The third kappa shape index (κ3) is 4.03. The zero-order valence-electron chi connectivity index (χ0n) is 19.5. The number of piperidine rings is 1. The van der Waals surface area contributed by atoms with Crippen LogP contribution in [0, 0.1) is 0 Å². The molecule has 0 radical (unpaired) electrons. The number of ether oxygens (including phenoxy) is 1. The van der Waals surface area contributed by atoms with Gasteiger partial charge in [-0.1, -0.05) is 24.3 Å². The van der Waals surface area contributed by atoms with Crippen LogP contribution in [-0.4, -0.2) is 47.8 Å². The van der Waals surface area contributed by atoms with E-state index in [9.17, 15) is 4.79 Å². The summed E-state index contributed by atoms with van der Waals surface area (Å²) in [5.41, 5.74) is 4.79. The molecule has 1 saturated heterocycles. The molecule has 6 heteroatoms. The van der Waals surface area contributed by atoms with Crippen LogP contribution in [0.15, 0.2) is 36.4 Å². The van der Waals surface area contributed by atoms with Crippen LogP contribution in [0.2, 0.25) is 0 Å². The van der Waals surface area contributed by atoms with Crippen molar-refractivity contribution in [3.05, 3.63) is 53.2 Å². The smallest absolute Gasteiger partial charge is 0.410 e. The number of rotatable bonds is 2. The molecule has 170 valence electrons. The summed E-state index contributed by atoms with van der Waals surface area (Å²) in [6, 6.07) is 13.2. The zero-order chi connectivity index (χ0) is 22.3. The van der Waals surface area contributed by atoms with Crippen molar-refractivity contribution in [3.63, 3.8) is 0 Å². The minimum Gasteiger partial charge on any atom is -0.444 e. The monoisotopic (exact) mass is 434 g/mol. The van der Waals surface area contributed by atoms with Crippen molar-refractivity contribution in [1.29, 1.82) is 0 Å². The molecule has 6 nitrogen and oxygen atoms in total. The van der Waals surface area contributed by atoms with E-state index in [2.05, 4.69) is 46.6 Å². The molecule has 3 aliphatic heterocycles. The van der Waals surface area contributed by atoms with Crippen molar-refractivity contribution >= 4 is 17.6 Å². The van der Waals surface area contributed by atoms with Crippen molar-refractivity contribution in [3.8, 4) is 0 Å². The predicted molar refractivity (Wildman–Crippen MR) is 127 cm³/mol. The second-order valence-corrected chi connectivity index (χ2v) is 10.5. The van der Waals surface area contributed by atoms with Gasteiger partial charge in [0.05, 0.1) is 12.2 Å². The number of carbonyl (C=O) groups is 1. The normalized spacial score (nSPS) is 19.3. The molecule has 1 aromatic heterocycles. The largest absolute Gasteiger partial charge is 0.444 e. The number of nitrogens with zero attached hydrogens (tertiary/aromatic N) is 3. The summed E-state index contributed by atoms with van der Waals surface area (Å²) >= 11 is 0. The van der Waals surface area contributed by atoms with Gasteiger partial charge in [0, 0.05) is 37.3 Å². The fourth-order valence-corrected chi connectivity index (χ4v) is 5.40. The van der Waals surface area contributed by atoms with E-state index in [1.54, 1.807) is 0 Å². The molecule has 3 aliphatic rings. The van der Waals surface area contributed by atoms with Crippen LogP contribution in [0.4, 0.5) is 16.3 Å². The van der Waals surface area contributed by atoms with E-state index < -0.39 is 5.60 Å². The van der Waals surface area contributed by atoms with Crippen molar-refractivity contribution in [2.45, 2.75) is 64.0 Å². The van der Waals surface area contributed by atoms with Crippen molar-refractivity contribution in [2.24, 2.45) is 0 Å². The molecule has 1 aromatic carbocycles. The molecule has 4 heterocycles. The Morgan fingerprint density at radius 1 is 1.16 bits per heavy atom. The number of aryl methyl sites for hydroxylation is 1. The first-order chi connectivity index (χ1) is 15.3. The Balaban J connectivity index is 1.33. The van der Waals surface area contributed by atoms with E-state index in [4.69, 9.17) is 9.72 Å². The Labute approximate surface area is 191 Å². The molecule has 0 aliphatic carbocycles. The summed E-state index contributed by atoms with van der Waals surface area (Å²) in [6.45, 7) is 10.0. The fraction of sp³-hybridized carbons (Fsp3) is 0.538. The summed E-state index contributed by atoms with van der Waals surface area (Å²) in [5.74, 6) is 1.06. The van der Waals surface area contributed by atoms with E-state index in [1.165, 1.54) is 23.2 Å². The minimum absolute atomic E-state index is 0.0849. The Bertz CT molecular complexity index is 1010. The number of para-hydroxylation sites is 1. The second-order valence-electron chi connectivity index (χ2n) is 10.5. The molecule has 1 spiro atoms. The van der Waals surface area contributed by atoms with Crippen molar-refractivity contribution < 1.29 is 9.53 Å². The number of nitrogens with one attached hydrogen (secondary N) is 1. The molecule has 32 heavy (non-hydrogen) atoms. The minimum atomic E-state index is -0.459. The summed E-state index contributed by atoms with van der Waals surface area (Å²) in [4.78, 5) is 21.9. The van der Waals surface area contributed by atoms with Gasteiger partial charge in [0.25, 0.3) is 0 Å². The lowest BCUT2D eigenvalue weighted by Crippen LogP contribution is -2.48. The lowest BCUT2D eigenvalue weighted by molar-refractivity contribution is 0.0170. The molecule has 0 atom stereocenters. The second kappa shape index (κ2) is 7.98. The van der Waals surface area contributed by atoms with Gasteiger partial charge in [0.15, 0.2) is 0 Å². The number of hydrogen-bond donors (Lipinski definition) is 1. The first-order valence-electron chi connectivity index (χ1n) is 11.9. The number of aromatic nitrogens is 1. The van der Waals surface area contributed by atoms with Crippen molar-refractivity contribution in [1.82, 2.24) is 9.88 Å². The Hall–Kier alpha value is -2.76. The number of amides is 1. The number of pyridine rings is 1. The van der Waals surface area contributed by atoms with Gasteiger partial charge in [-0.25, -0.2) is 9.78 Å². The molecule has 0 saturated carbocycles. The topological polar surface area (TPSA) is 57.7 Å². The van der Waals surface area contributed by atoms with Gasteiger partial charge in [-0.2, -0.15) is 0 Å². The average Bonchev–Trinajstić information content (AvgIpc) is 3.06. The van der Waals surface area contributed by atoms with Gasteiger partial charge < -0.3 is 19.9 Å². The summed E-state index contributed by atoms with van der Waals surface area (Å²) in [6.07, 6.45) is 4.01. The van der Waals surface area contributed by atoms with Crippen molar-refractivity contribution in [2.75, 3.05) is 36.4 Å². The lowest BCUT2D eigenvalue weighted by atomic mass is 9.74. The maximum Gasteiger partial charge on any atom is 0.410 e. The van der Waals surface area contributed by atoms with Crippen LogP contribution < -0.4 is 10.2 Å². The molecule has 1 amide bonds. The highest BCUT2D eigenvalue weighted by Crippen LogP contribution is 2.47. The third-order valence-electron chi connectivity index (χ3n) is 6.99. The lowest BCUT2D eigenvalue weighted by Gasteiger charge is -2.40. The maximum atomic E-state index is 12.6. The number of hydrogen-bond acceptors (Lipinski definition) is 5. The Morgan fingerprint density at radius 2 is 1.94 bits per heavy atom. The predicted octanol–water partition coefficient (Wildman–Crippen LogP) is 4.73. The van der Waals surface area contributed by atoms with Crippen LogP contribution in [-0.2, 0) is 23.1 Å². The van der Waals surface area contributed by atoms with Crippen LogP contribution in [0.5, 0.6) is 0 Å². The van der Waals surface area contributed by atoms with Crippen LogP contribution in [0.1, 0.15) is 56.9 Å². The molecule has 0 unspecified atom stereocenters. The van der Waals surface area contributed by atoms with Crippen LogP contribution in [0.3, 0.4) is 0 Å². The third-order valence-corrected chi connectivity index (χ3v) is 6.99. The number of likely N-dealkylation sites (tertiary alicyclic amines) is 1. The molecule has 0 bridgehead atoms. The first kappa shape index (κ1) is 21.1. The molecule has 1 N–H and O–H groups in total. The quantitative estimate of drug-likeness (QED) is 0.741. The summed E-state index contributed by atoms with van der Waals surface area (Å²) in [7, 11) is 0. The first-order valence-corrected chi connectivity index (χ1v) is 11.9. The van der Waals surface area contributed by atoms with E-state index in [0.29, 0.717) is 0 Å². The van der Waals surface area contributed by atoms with Crippen LogP contribution in [0.25, 0.3) is 0 Å². The van der Waals surface area contributed by atoms with Crippen LogP contribution >= 0.6 is 0 Å². The molecular weight excluding hydrogens is 400 g/mol. The van der Waals surface area contributed by atoms with Gasteiger partial charge in [-0.05, 0) is 69.7 Å². The maximum absolute atomic E-state index is 12.6. The van der Waals surface area contributed by atoms with E-state index in [1.807, 2.05) is 25.7 Å². The molecular formula is C26H34N4O2. The standard InChI is InChI=1S/C26H34N4O2/c1-25(2,3)32-24(31)29-15-12-26(13-16-29)18-30(22-9-5-4-8-21(22)26)17-20-11-10-19-7-6-14-27-23(19)28-20/h4-5,8-11H,6-7,12-18H2,1-3H3,(H,27,28). The molecule has 1 fully saturated rings. The SMILES string of the molecule is CC(C)(C)OC(=O)N1CCC2(CC1)CN(Cc1ccc3c(n1)NCCC3)c1ccccc12. The summed E-state index contributed by atoms with van der Waals surface area (Å²) in [5, 5.41) is 3.46. The highest BCUT2D eigenvalue weighted by atomic mass is 16.6. The number of benzene rings is 1. The fourth-order valence-electron chi connectivity index (χ4n) is 5.40. The van der Waals surface area contributed by atoms with E-state index >= 15 is 0 Å². The summed E-state index contributed by atoms with van der Waals surface area (Å²) < 4.78 is 5.61. The number of carbonyl (C=O) groups excluding carboxylic acids is 1. The van der Waals surface area contributed by atoms with E-state index in [-0.39, 0.29) is 11.5 Å². The van der Waals surface area contributed by atoms with E-state index in [0.717, 1.165) is 63.5 Å². The highest BCUT2D eigenvalue weighted by molar-refractivity contribution is 5.69. The molecule has 2 aromatic rings. The van der Waals surface area contributed by atoms with Gasteiger partial charge in [-0.15, -0.1) is 0 Å². The number of anilines is 2. The molecule has 5 rings (SSSR count).